The molecule has 5 rings (SSSR count). The second-order valence-corrected chi connectivity index (χ2v) is 12.2. The van der Waals surface area contributed by atoms with Gasteiger partial charge < -0.3 is 20.5 Å². The minimum absolute atomic E-state index is 0.0229. The summed E-state index contributed by atoms with van der Waals surface area (Å²) in [5.41, 5.74) is 5.78. The molecule has 0 spiro atoms. The maximum absolute atomic E-state index is 12.7. The molecule has 0 radical (unpaired) electrons. The van der Waals surface area contributed by atoms with Crippen molar-refractivity contribution < 1.29 is 19.4 Å². The van der Waals surface area contributed by atoms with Gasteiger partial charge in [0.05, 0.1) is 6.10 Å². The summed E-state index contributed by atoms with van der Waals surface area (Å²) in [6.45, 7) is 6.16. The number of carbonyl (C=O) groups excluding carboxylic acids is 1. The van der Waals surface area contributed by atoms with Gasteiger partial charge in [-0.05, 0) is 97.9 Å². The van der Waals surface area contributed by atoms with Crippen molar-refractivity contribution in [3.8, 4) is 5.75 Å². The molecule has 1 aliphatic carbocycles. The van der Waals surface area contributed by atoms with E-state index >= 15 is 0 Å². The molecule has 2 atom stereocenters. The van der Waals surface area contributed by atoms with Crippen LogP contribution in [0.25, 0.3) is 5.57 Å². The van der Waals surface area contributed by atoms with Crippen LogP contribution < -0.4 is 15.4 Å². The topological polar surface area (TPSA) is 100 Å². The standard InChI is InChI=1S/C37H43N3O4/c1-4-25-5-9-27(10-6-25)28-13-15-29(16-14-28)32-22-38-35(39-23-32)30-11-7-26(8-12-30)21-34(37(42)43)40-36(41)31-17-19-33(20-18-31)44-24(2)3/h7-8,11-20,22-25,27,34-35,38H,4-6,9-10,21H2,1-3H3,(H,40,41)(H,42,43)/t25-,27-,34-,35?/m0/s1. The molecule has 7 nitrogen and oxygen atoms in total. The molecule has 0 bridgehead atoms. The van der Waals surface area contributed by atoms with Crippen LogP contribution in [0.1, 0.15) is 97.6 Å². The molecule has 2 aliphatic rings. The van der Waals surface area contributed by atoms with E-state index in [0.29, 0.717) is 17.2 Å². The number of carboxylic acids is 1. The number of carboxylic acid groups (broad SMARTS) is 1. The zero-order chi connectivity index (χ0) is 31.1. The molecule has 230 valence electrons. The highest BCUT2D eigenvalue weighted by atomic mass is 16.5. The van der Waals surface area contributed by atoms with E-state index in [9.17, 15) is 14.7 Å². The largest absolute Gasteiger partial charge is 0.491 e. The fourth-order valence-electron chi connectivity index (χ4n) is 6.07. The third kappa shape index (κ3) is 7.95. The van der Waals surface area contributed by atoms with E-state index in [1.54, 1.807) is 24.3 Å². The van der Waals surface area contributed by atoms with Gasteiger partial charge in [-0.25, -0.2) is 4.79 Å². The Morgan fingerprint density at radius 1 is 0.932 bits per heavy atom. The van der Waals surface area contributed by atoms with Crippen LogP contribution in [0.4, 0.5) is 0 Å². The number of hydrogen-bond donors (Lipinski definition) is 3. The molecule has 44 heavy (non-hydrogen) atoms. The molecule has 0 saturated heterocycles. The monoisotopic (exact) mass is 593 g/mol. The third-order valence-corrected chi connectivity index (χ3v) is 8.73. The molecule has 3 aromatic carbocycles. The van der Waals surface area contributed by atoms with Crippen molar-refractivity contribution in [2.75, 3.05) is 0 Å². The summed E-state index contributed by atoms with van der Waals surface area (Å²) < 4.78 is 5.61. The number of nitrogens with one attached hydrogen (secondary N) is 2. The Bertz CT molecular complexity index is 1470. The molecule has 0 aromatic heterocycles. The molecule has 1 heterocycles. The Balaban J connectivity index is 1.14. The Hall–Kier alpha value is -4.39. The molecule has 7 heteroatoms. The van der Waals surface area contributed by atoms with Crippen LogP contribution in [-0.4, -0.2) is 35.3 Å². The number of hydrogen-bond acceptors (Lipinski definition) is 5. The minimum atomic E-state index is -1.09. The summed E-state index contributed by atoms with van der Waals surface area (Å²) in [4.78, 5) is 29.4. The lowest BCUT2D eigenvalue weighted by Gasteiger charge is -2.28. The van der Waals surface area contributed by atoms with E-state index in [-0.39, 0.29) is 18.7 Å². The van der Waals surface area contributed by atoms with E-state index in [4.69, 9.17) is 9.73 Å². The lowest BCUT2D eigenvalue weighted by Crippen LogP contribution is -2.42. The fourth-order valence-corrected chi connectivity index (χ4v) is 6.07. The summed E-state index contributed by atoms with van der Waals surface area (Å²) in [5.74, 6) is 0.704. The second-order valence-electron chi connectivity index (χ2n) is 12.2. The lowest BCUT2D eigenvalue weighted by molar-refractivity contribution is -0.139. The van der Waals surface area contributed by atoms with Gasteiger partial charge in [0.1, 0.15) is 18.0 Å². The maximum Gasteiger partial charge on any atom is 0.326 e. The Labute approximate surface area is 260 Å². The number of carbonyl (C=O) groups is 2. The number of ether oxygens (including phenoxy) is 1. The number of rotatable bonds is 11. The molecular weight excluding hydrogens is 550 g/mol. The van der Waals surface area contributed by atoms with Gasteiger partial charge in [-0.2, -0.15) is 0 Å². The van der Waals surface area contributed by atoms with Crippen LogP contribution in [0.3, 0.4) is 0 Å². The number of aliphatic carboxylic acids is 1. The van der Waals surface area contributed by atoms with Crippen LogP contribution in [-0.2, 0) is 11.2 Å². The average Bonchev–Trinajstić information content (AvgIpc) is 3.05. The highest BCUT2D eigenvalue weighted by Gasteiger charge is 2.23. The summed E-state index contributed by atoms with van der Waals surface area (Å²) in [5, 5.41) is 15.8. The summed E-state index contributed by atoms with van der Waals surface area (Å²) in [6, 6.07) is 22.2. The molecular formula is C37H43N3O4. The van der Waals surface area contributed by atoms with Gasteiger partial charge >= 0.3 is 5.97 Å². The van der Waals surface area contributed by atoms with Crippen molar-refractivity contribution in [2.45, 2.75) is 83.5 Å². The molecule has 1 fully saturated rings. The van der Waals surface area contributed by atoms with Crippen LogP contribution in [0.15, 0.2) is 84.0 Å². The molecule has 1 saturated carbocycles. The summed E-state index contributed by atoms with van der Waals surface area (Å²) in [7, 11) is 0. The SMILES string of the molecule is CC[C@H]1CC[C@H](c2ccc(C3=CNC(c4ccc(C[C@H](NC(=O)c5ccc(OC(C)C)cc5)C(=O)O)cc4)N=C3)cc2)CC1. The van der Waals surface area contributed by atoms with E-state index < -0.39 is 17.9 Å². The highest BCUT2D eigenvalue weighted by molar-refractivity contribution is 6.10. The predicted molar refractivity (Wildman–Crippen MR) is 175 cm³/mol. The van der Waals surface area contributed by atoms with Gasteiger partial charge in [0, 0.05) is 30.0 Å². The van der Waals surface area contributed by atoms with Gasteiger partial charge in [0.25, 0.3) is 5.91 Å². The zero-order valence-corrected chi connectivity index (χ0v) is 25.8. The number of nitrogens with zero attached hydrogens (tertiary/aromatic N) is 1. The average molecular weight is 594 g/mol. The molecule has 3 N–H and O–H groups in total. The predicted octanol–water partition coefficient (Wildman–Crippen LogP) is 7.30. The first-order valence-electron chi connectivity index (χ1n) is 15.8. The number of aliphatic imine (C=N–C) groups is 1. The second kappa shape index (κ2) is 14.4. The Kier molecular flexibility index (Phi) is 10.2. The summed E-state index contributed by atoms with van der Waals surface area (Å²) in [6.07, 6.45) is 10.4. The maximum atomic E-state index is 12.7. The van der Waals surface area contributed by atoms with Gasteiger partial charge in [0.2, 0.25) is 0 Å². The van der Waals surface area contributed by atoms with Crippen molar-refractivity contribution in [1.82, 2.24) is 10.6 Å². The Morgan fingerprint density at radius 3 is 2.16 bits per heavy atom. The first-order valence-corrected chi connectivity index (χ1v) is 15.8. The minimum Gasteiger partial charge on any atom is -0.491 e. The van der Waals surface area contributed by atoms with Crippen molar-refractivity contribution in [1.29, 1.82) is 0 Å². The molecule has 1 aliphatic heterocycles. The smallest absolute Gasteiger partial charge is 0.326 e. The number of allylic oxidation sites excluding steroid dienone is 1. The number of benzene rings is 3. The van der Waals surface area contributed by atoms with Crippen LogP contribution >= 0.6 is 0 Å². The highest BCUT2D eigenvalue weighted by Crippen LogP contribution is 2.37. The normalized spacial score (nSPS) is 20.4. The Morgan fingerprint density at radius 2 is 1.59 bits per heavy atom. The zero-order valence-electron chi connectivity index (χ0n) is 25.8. The van der Waals surface area contributed by atoms with Gasteiger partial charge in [0.15, 0.2) is 0 Å². The van der Waals surface area contributed by atoms with Gasteiger partial charge in [-0.1, -0.05) is 61.9 Å². The van der Waals surface area contributed by atoms with Crippen LogP contribution in [0, 0.1) is 5.92 Å². The fraction of sp³-hybridized carbons (Fsp3) is 0.378. The lowest BCUT2D eigenvalue weighted by atomic mass is 9.77. The quantitative estimate of drug-likeness (QED) is 0.217. The van der Waals surface area contributed by atoms with Crippen molar-refractivity contribution in [3.05, 3.63) is 107 Å². The molecule has 1 amide bonds. The third-order valence-electron chi connectivity index (χ3n) is 8.73. The first-order chi connectivity index (χ1) is 21.3. The van der Waals surface area contributed by atoms with E-state index in [1.165, 1.54) is 37.7 Å². The van der Waals surface area contributed by atoms with Gasteiger partial charge in [-0.15, -0.1) is 0 Å². The van der Waals surface area contributed by atoms with Crippen molar-refractivity contribution >= 4 is 23.7 Å². The van der Waals surface area contributed by atoms with E-state index in [1.807, 2.05) is 50.5 Å². The van der Waals surface area contributed by atoms with Gasteiger partial charge in [-0.3, -0.25) is 9.79 Å². The van der Waals surface area contributed by atoms with Crippen molar-refractivity contribution in [3.63, 3.8) is 0 Å². The van der Waals surface area contributed by atoms with Crippen molar-refractivity contribution in [2.24, 2.45) is 10.9 Å². The summed E-state index contributed by atoms with van der Waals surface area (Å²) >= 11 is 0. The molecule has 1 unspecified atom stereocenters. The van der Waals surface area contributed by atoms with Crippen LogP contribution in [0.5, 0.6) is 5.75 Å². The van der Waals surface area contributed by atoms with E-state index in [2.05, 4.69) is 41.8 Å². The number of amides is 1. The van der Waals surface area contributed by atoms with E-state index in [0.717, 1.165) is 28.2 Å². The van der Waals surface area contributed by atoms with Crippen LogP contribution in [0.2, 0.25) is 0 Å². The first kappa shape index (κ1) is 31.0. The molecule has 3 aromatic rings.